The minimum Gasteiger partial charge on any atom is -0.493 e. The number of ketones is 1. The van der Waals surface area contributed by atoms with Crippen LogP contribution in [0.2, 0.25) is 0 Å². The van der Waals surface area contributed by atoms with Gasteiger partial charge in [0.15, 0.2) is 5.78 Å². The number of carbonyl (C=O) groups is 1. The Balaban J connectivity index is 2.67. The smallest absolute Gasteiger partial charge is 0.166 e. The molecule has 16 heavy (non-hydrogen) atoms. The van der Waals surface area contributed by atoms with E-state index in [4.69, 9.17) is 4.74 Å². The highest BCUT2D eigenvalue weighted by Crippen LogP contribution is 2.20. The summed E-state index contributed by atoms with van der Waals surface area (Å²) in [6.45, 7) is 6.86. The number of para-hydroxylation sites is 1. The van der Waals surface area contributed by atoms with Gasteiger partial charge in [-0.2, -0.15) is 0 Å². The standard InChI is InChI=1S/C14H20O2/c1-4-13(15)12-7-5-6-8-14(12)16-10-9-11(2)3/h5-8,11H,4,9-10H2,1-3H3. The largest absolute Gasteiger partial charge is 0.493 e. The Morgan fingerprint density at radius 1 is 1.31 bits per heavy atom. The van der Waals surface area contributed by atoms with Gasteiger partial charge in [-0.15, -0.1) is 0 Å². The molecule has 0 aliphatic rings. The van der Waals surface area contributed by atoms with Crippen LogP contribution < -0.4 is 4.74 Å². The van der Waals surface area contributed by atoms with Crippen LogP contribution in [0.3, 0.4) is 0 Å². The molecule has 2 nitrogen and oxygen atoms in total. The van der Waals surface area contributed by atoms with E-state index in [1.54, 1.807) is 0 Å². The summed E-state index contributed by atoms with van der Waals surface area (Å²) in [5.41, 5.74) is 0.703. The third-order valence-electron chi connectivity index (χ3n) is 2.46. The first-order valence-corrected chi connectivity index (χ1v) is 5.90. The van der Waals surface area contributed by atoms with Crippen molar-refractivity contribution in [3.8, 4) is 5.75 Å². The number of hydrogen-bond acceptors (Lipinski definition) is 2. The van der Waals surface area contributed by atoms with Gasteiger partial charge in [0.1, 0.15) is 5.75 Å². The van der Waals surface area contributed by atoms with Crippen molar-refractivity contribution in [1.29, 1.82) is 0 Å². The van der Waals surface area contributed by atoms with Crippen LogP contribution in [0.25, 0.3) is 0 Å². The van der Waals surface area contributed by atoms with Gasteiger partial charge in [-0.05, 0) is 24.5 Å². The third kappa shape index (κ3) is 3.69. The Labute approximate surface area is 97.6 Å². The maximum absolute atomic E-state index is 11.7. The van der Waals surface area contributed by atoms with Gasteiger partial charge < -0.3 is 4.74 Å². The molecule has 0 fully saturated rings. The molecule has 0 aliphatic heterocycles. The molecular formula is C14H20O2. The molecule has 0 N–H and O–H groups in total. The molecule has 0 amide bonds. The Kier molecular flexibility index (Phi) is 5.03. The first-order chi connectivity index (χ1) is 7.65. The average molecular weight is 220 g/mol. The lowest BCUT2D eigenvalue weighted by atomic mass is 10.1. The number of ether oxygens (including phenoxy) is 1. The average Bonchev–Trinajstić information content (AvgIpc) is 2.28. The lowest BCUT2D eigenvalue weighted by Gasteiger charge is -2.11. The van der Waals surface area contributed by atoms with Crippen molar-refractivity contribution in [2.24, 2.45) is 5.92 Å². The highest BCUT2D eigenvalue weighted by atomic mass is 16.5. The van der Waals surface area contributed by atoms with E-state index in [9.17, 15) is 4.79 Å². The summed E-state index contributed by atoms with van der Waals surface area (Å²) in [6.07, 6.45) is 1.53. The summed E-state index contributed by atoms with van der Waals surface area (Å²) in [7, 11) is 0. The zero-order valence-electron chi connectivity index (χ0n) is 10.3. The molecule has 0 bridgehead atoms. The second kappa shape index (κ2) is 6.31. The van der Waals surface area contributed by atoms with Crippen molar-refractivity contribution in [3.05, 3.63) is 29.8 Å². The van der Waals surface area contributed by atoms with Crippen LogP contribution >= 0.6 is 0 Å². The van der Waals surface area contributed by atoms with E-state index >= 15 is 0 Å². The molecule has 0 saturated carbocycles. The van der Waals surface area contributed by atoms with Crippen LogP contribution in [0.4, 0.5) is 0 Å². The zero-order valence-corrected chi connectivity index (χ0v) is 10.3. The van der Waals surface area contributed by atoms with Crippen LogP contribution in [0.15, 0.2) is 24.3 Å². The van der Waals surface area contributed by atoms with Crippen LogP contribution in [-0.4, -0.2) is 12.4 Å². The fraction of sp³-hybridized carbons (Fsp3) is 0.500. The number of carbonyl (C=O) groups excluding carboxylic acids is 1. The van der Waals surface area contributed by atoms with E-state index in [0.717, 1.165) is 12.2 Å². The summed E-state index contributed by atoms with van der Waals surface area (Å²) in [5, 5.41) is 0. The van der Waals surface area contributed by atoms with Gasteiger partial charge >= 0.3 is 0 Å². The van der Waals surface area contributed by atoms with Crippen molar-refractivity contribution < 1.29 is 9.53 Å². The van der Waals surface area contributed by atoms with Gasteiger partial charge in [0.2, 0.25) is 0 Å². The maximum Gasteiger partial charge on any atom is 0.166 e. The molecule has 1 aromatic rings. The quantitative estimate of drug-likeness (QED) is 0.683. The molecule has 88 valence electrons. The topological polar surface area (TPSA) is 26.3 Å². The molecule has 1 aromatic carbocycles. The lowest BCUT2D eigenvalue weighted by Crippen LogP contribution is -2.06. The van der Waals surface area contributed by atoms with Crippen molar-refractivity contribution in [2.75, 3.05) is 6.61 Å². The predicted octanol–water partition coefficient (Wildman–Crippen LogP) is 3.70. The molecule has 0 atom stereocenters. The van der Waals surface area contributed by atoms with Crippen molar-refractivity contribution in [2.45, 2.75) is 33.6 Å². The minimum atomic E-state index is 0.139. The molecule has 0 aromatic heterocycles. The minimum absolute atomic E-state index is 0.139. The maximum atomic E-state index is 11.7. The lowest BCUT2D eigenvalue weighted by molar-refractivity contribution is 0.0984. The van der Waals surface area contributed by atoms with Crippen molar-refractivity contribution in [3.63, 3.8) is 0 Å². The Morgan fingerprint density at radius 3 is 2.62 bits per heavy atom. The fourth-order valence-corrected chi connectivity index (χ4v) is 1.42. The van der Waals surface area contributed by atoms with E-state index < -0.39 is 0 Å². The first kappa shape index (κ1) is 12.8. The third-order valence-corrected chi connectivity index (χ3v) is 2.46. The fourth-order valence-electron chi connectivity index (χ4n) is 1.42. The molecular weight excluding hydrogens is 200 g/mol. The number of benzene rings is 1. The van der Waals surface area contributed by atoms with Gasteiger partial charge in [0, 0.05) is 6.42 Å². The summed E-state index contributed by atoms with van der Waals surface area (Å²) >= 11 is 0. The first-order valence-electron chi connectivity index (χ1n) is 5.90. The number of Topliss-reactive ketones (excluding diaryl/α,β-unsaturated/α-hetero) is 1. The van der Waals surface area contributed by atoms with Crippen LogP contribution in [0.1, 0.15) is 44.0 Å². The zero-order chi connectivity index (χ0) is 12.0. The van der Waals surface area contributed by atoms with Gasteiger partial charge in [0.05, 0.1) is 12.2 Å². The summed E-state index contributed by atoms with van der Waals surface area (Å²) in [6, 6.07) is 7.47. The van der Waals surface area contributed by atoms with Crippen molar-refractivity contribution >= 4 is 5.78 Å². The van der Waals surface area contributed by atoms with E-state index in [1.165, 1.54) is 0 Å². The van der Waals surface area contributed by atoms with Crippen LogP contribution in [-0.2, 0) is 0 Å². The molecule has 1 rings (SSSR count). The van der Waals surface area contributed by atoms with E-state index in [-0.39, 0.29) is 5.78 Å². The Hall–Kier alpha value is -1.31. The van der Waals surface area contributed by atoms with Gasteiger partial charge in [-0.1, -0.05) is 32.9 Å². The molecule has 0 heterocycles. The summed E-state index contributed by atoms with van der Waals surface area (Å²) in [4.78, 5) is 11.7. The second-order valence-electron chi connectivity index (χ2n) is 4.30. The summed E-state index contributed by atoms with van der Waals surface area (Å²) in [5.74, 6) is 1.48. The van der Waals surface area contributed by atoms with Gasteiger partial charge in [0.25, 0.3) is 0 Å². The molecule has 0 radical (unpaired) electrons. The highest BCUT2D eigenvalue weighted by molar-refractivity contribution is 5.98. The highest BCUT2D eigenvalue weighted by Gasteiger charge is 2.09. The Morgan fingerprint density at radius 2 is 2.00 bits per heavy atom. The van der Waals surface area contributed by atoms with Crippen molar-refractivity contribution in [1.82, 2.24) is 0 Å². The van der Waals surface area contributed by atoms with E-state index in [1.807, 2.05) is 31.2 Å². The number of hydrogen-bond donors (Lipinski definition) is 0. The summed E-state index contributed by atoms with van der Waals surface area (Å²) < 4.78 is 5.65. The van der Waals surface area contributed by atoms with Gasteiger partial charge in [-0.25, -0.2) is 0 Å². The Bertz CT molecular complexity index is 342. The molecule has 0 aliphatic carbocycles. The van der Waals surface area contributed by atoms with E-state index in [2.05, 4.69) is 13.8 Å². The molecule has 0 spiro atoms. The van der Waals surface area contributed by atoms with Crippen LogP contribution in [0.5, 0.6) is 5.75 Å². The second-order valence-corrected chi connectivity index (χ2v) is 4.30. The normalized spacial score (nSPS) is 10.5. The molecule has 0 unspecified atom stereocenters. The molecule has 0 saturated heterocycles. The van der Waals surface area contributed by atoms with Crippen LogP contribution in [0, 0.1) is 5.92 Å². The SMILES string of the molecule is CCC(=O)c1ccccc1OCCC(C)C. The predicted molar refractivity (Wildman–Crippen MR) is 66.0 cm³/mol. The van der Waals surface area contributed by atoms with E-state index in [0.29, 0.717) is 24.5 Å². The van der Waals surface area contributed by atoms with Gasteiger partial charge in [-0.3, -0.25) is 4.79 Å². The monoisotopic (exact) mass is 220 g/mol. The number of rotatable bonds is 6. The molecule has 2 heteroatoms.